The van der Waals surface area contributed by atoms with Gasteiger partial charge >= 0.3 is 0 Å². The van der Waals surface area contributed by atoms with Gasteiger partial charge in [0.25, 0.3) is 11.8 Å². The molecule has 0 saturated heterocycles. The van der Waals surface area contributed by atoms with Crippen LogP contribution in [0.4, 0.5) is 15.8 Å². The van der Waals surface area contributed by atoms with Crippen LogP contribution < -0.4 is 15.5 Å². The number of rotatable bonds is 8. The molecule has 0 saturated carbocycles. The van der Waals surface area contributed by atoms with Gasteiger partial charge < -0.3 is 20.4 Å². The van der Waals surface area contributed by atoms with Gasteiger partial charge in [-0.05, 0) is 55.3 Å². The van der Waals surface area contributed by atoms with Crippen molar-refractivity contribution in [1.82, 2.24) is 4.90 Å². The maximum absolute atomic E-state index is 12.9. The van der Waals surface area contributed by atoms with Gasteiger partial charge in [-0.2, -0.15) is 0 Å². The van der Waals surface area contributed by atoms with E-state index in [1.807, 2.05) is 32.0 Å². The lowest BCUT2D eigenvalue weighted by atomic mass is 10.1. The Labute approximate surface area is 175 Å². The summed E-state index contributed by atoms with van der Waals surface area (Å²) in [6, 6.07) is 11.2. The summed E-state index contributed by atoms with van der Waals surface area (Å²) in [4.78, 5) is 38.8. The standard InChI is InChI=1S/C22H27FN4O3/c1-15-5-6-16(2)19(11-15)25-21(29)13-27(4)22(30)14-26(3)12-20(28)24-18-9-7-17(23)8-10-18/h5-11H,12-14H2,1-4H3,(H,24,28)(H,25,29)/p+1. The van der Waals surface area contributed by atoms with E-state index in [1.165, 1.54) is 29.2 Å². The topological polar surface area (TPSA) is 83.0 Å². The minimum absolute atomic E-state index is 0.0596. The van der Waals surface area contributed by atoms with E-state index >= 15 is 0 Å². The summed E-state index contributed by atoms with van der Waals surface area (Å²) in [5.41, 5.74) is 3.19. The second kappa shape index (κ2) is 10.5. The summed E-state index contributed by atoms with van der Waals surface area (Å²) in [6.45, 7) is 3.88. The molecule has 0 aliphatic rings. The van der Waals surface area contributed by atoms with Crippen LogP contribution in [0.3, 0.4) is 0 Å². The molecule has 1 unspecified atom stereocenters. The van der Waals surface area contributed by atoms with Gasteiger partial charge in [0.15, 0.2) is 13.1 Å². The molecule has 7 nitrogen and oxygen atoms in total. The van der Waals surface area contributed by atoms with Crippen LogP contribution in [0, 0.1) is 19.7 Å². The third-order valence-corrected chi connectivity index (χ3v) is 4.52. The summed E-state index contributed by atoms with van der Waals surface area (Å²) >= 11 is 0. The van der Waals surface area contributed by atoms with Crippen molar-refractivity contribution >= 4 is 29.1 Å². The normalized spacial score (nSPS) is 11.5. The number of likely N-dealkylation sites (N-methyl/N-ethyl adjacent to an activating group) is 2. The van der Waals surface area contributed by atoms with Crippen LogP contribution in [0.5, 0.6) is 0 Å². The van der Waals surface area contributed by atoms with Crippen LogP contribution in [0.15, 0.2) is 42.5 Å². The molecular weight excluding hydrogens is 387 g/mol. The zero-order chi connectivity index (χ0) is 22.3. The van der Waals surface area contributed by atoms with Crippen LogP contribution in [0.25, 0.3) is 0 Å². The van der Waals surface area contributed by atoms with Crippen LogP contribution in [-0.4, -0.2) is 56.4 Å². The van der Waals surface area contributed by atoms with E-state index in [-0.39, 0.29) is 43.2 Å². The van der Waals surface area contributed by atoms with Crippen molar-refractivity contribution in [2.24, 2.45) is 0 Å². The molecule has 0 aliphatic heterocycles. The SMILES string of the molecule is Cc1ccc(C)c(NC(=O)CN(C)C(=O)C[NH+](C)CC(=O)Nc2ccc(F)cc2)c1. The van der Waals surface area contributed by atoms with E-state index in [1.54, 1.807) is 14.1 Å². The quantitative estimate of drug-likeness (QED) is 0.601. The maximum atomic E-state index is 12.9. The fourth-order valence-corrected chi connectivity index (χ4v) is 2.83. The molecule has 160 valence electrons. The number of halogens is 1. The Hall–Kier alpha value is -3.26. The maximum Gasteiger partial charge on any atom is 0.279 e. The van der Waals surface area contributed by atoms with Crippen LogP contribution in [0.1, 0.15) is 11.1 Å². The van der Waals surface area contributed by atoms with Gasteiger partial charge in [-0.15, -0.1) is 0 Å². The molecule has 2 aromatic carbocycles. The molecule has 30 heavy (non-hydrogen) atoms. The average Bonchev–Trinajstić information content (AvgIpc) is 2.66. The van der Waals surface area contributed by atoms with Crippen molar-refractivity contribution < 1.29 is 23.7 Å². The summed E-state index contributed by atoms with van der Waals surface area (Å²) in [7, 11) is 3.27. The van der Waals surface area contributed by atoms with E-state index in [0.717, 1.165) is 16.8 Å². The summed E-state index contributed by atoms with van der Waals surface area (Å²) in [5.74, 6) is -1.21. The summed E-state index contributed by atoms with van der Waals surface area (Å²) < 4.78 is 12.9. The molecule has 8 heteroatoms. The number of carbonyl (C=O) groups excluding carboxylic acids is 3. The monoisotopic (exact) mass is 415 g/mol. The number of aryl methyl sites for hydroxylation is 2. The molecule has 3 amide bonds. The van der Waals surface area contributed by atoms with Crippen molar-refractivity contribution in [3.63, 3.8) is 0 Å². The Morgan fingerprint density at radius 2 is 1.63 bits per heavy atom. The van der Waals surface area contributed by atoms with Gasteiger partial charge in [0, 0.05) is 18.4 Å². The highest BCUT2D eigenvalue weighted by Gasteiger charge is 2.19. The van der Waals surface area contributed by atoms with Crippen molar-refractivity contribution in [2.45, 2.75) is 13.8 Å². The van der Waals surface area contributed by atoms with Crippen molar-refractivity contribution in [2.75, 3.05) is 44.4 Å². The molecule has 1 atom stereocenters. The van der Waals surface area contributed by atoms with Gasteiger partial charge in [0.1, 0.15) is 5.82 Å². The minimum atomic E-state index is -0.383. The molecule has 0 aromatic heterocycles. The number of hydrogen-bond donors (Lipinski definition) is 3. The molecule has 0 fully saturated rings. The number of carbonyl (C=O) groups is 3. The van der Waals surface area contributed by atoms with E-state index < -0.39 is 0 Å². The lowest BCUT2D eigenvalue weighted by molar-refractivity contribution is -0.862. The lowest BCUT2D eigenvalue weighted by Crippen LogP contribution is -3.11. The number of nitrogens with zero attached hydrogens (tertiary/aromatic N) is 1. The van der Waals surface area contributed by atoms with E-state index in [9.17, 15) is 18.8 Å². The second-order valence-corrected chi connectivity index (χ2v) is 7.48. The number of nitrogens with one attached hydrogen (secondary N) is 3. The van der Waals surface area contributed by atoms with Gasteiger partial charge in [-0.3, -0.25) is 14.4 Å². The third kappa shape index (κ3) is 7.29. The number of hydrogen-bond acceptors (Lipinski definition) is 3. The molecule has 0 radical (unpaired) electrons. The molecule has 2 rings (SSSR count). The molecule has 0 spiro atoms. The number of anilines is 2. The van der Waals surface area contributed by atoms with E-state index in [2.05, 4.69) is 10.6 Å². The van der Waals surface area contributed by atoms with E-state index in [0.29, 0.717) is 10.6 Å². The predicted molar refractivity (Wildman–Crippen MR) is 114 cm³/mol. The number of benzene rings is 2. The highest BCUT2D eigenvalue weighted by atomic mass is 19.1. The first-order valence-electron chi connectivity index (χ1n) is 9.62. The highest BCUT2D eigenvalue weighted by molar-refractivity contribution is 5.95. The zero-order valence-electron chi connectivity index (χ0n) is 17.7. The number of amides is 3. The molecule has 2 aromatic rings. The largest absolute Gasteiger partial charge is 0.332 e. The molecule has 3 N–H and O–H groups in total. The second-order valence-electron chi connectivity index (χ2n) is 7.48. The van der Waals surface area contributed by atoms with E-state index in [4.69, 9.17) is 0 Å². The average molecular weight is 415 g/mol. The molecular formula is C22H28FN4O3+. The Morgan fingerprint density at radius 3 is 2.30 bits per heavy atom. The smallest absolute Gasteiger partial charge is 0.279 e. The Bertz CT molecular complexity index is 915. The first-order chi connectivity index (χ1) is 14.1. The molecule has 0 heterocycles. The van der Waals surface area contributed by atoms with Crippen LogP contribution in [0.2, 0.25) is 0 Å². The van der Waals surface area contributed by atoms with Crippen LogP contribution in [-0.2, 0) is 14.4 Å². The van der Waals surface area contributed by atoms with Crippen molar-refractivity contribution in [3.8, 4) is 0 Å². The fourth-order valence-electron chi connectivity index (χ4n) is 2.83. The lowest BCUT2D eigenvalue weighted by Gasteiger charge is -2.20. The van der Waals surface area contributed by atoms with Crippen LogP contribution >= 0.6 is 0 Å². The zero-order valence-corrected chi connectivity index (χ0v) is 17.7. The van der Waals surface area contributed by atoms with Gasteiger partial charge in [0.05, 0.1) is 13.6 Å². The van der Waals surface area contributed by atoms with Crippen molar-refractivity contribution in [3.05, 3.63) is 59.4 Å². The molecule has 0 bridgehead atoms. The van der Waals surface area contributed by atoms with Crippen molar-refractivity contribution in [1.29, 1.82) is 0 Å². The highest BCUT2D eigenvalue weighted by Crippen LogP contribution is 2.16. The fraction of sp³-hybridized carbons (Fsp3) is 0.318. The molecule has 0 aliphatic carbocycles. The third-order valence-electron chi connectivity index (χ3n) is 4.52. The summed E-state index contributed by atoms with van der Waals surface area (Å²) in [6.07, 6.45) is 0. The van der Waals surface area contributed by atoms with Gasteiger partial charge in [0.2, 0.25) is 5.91 Å². The Balaban J connectivity index is 1.79. The first kappa shape index (κ1) is 23.0. The Morgan fingerprint density at radius 1 is 0.967 bits per heavy atom. The number of quaternary nitrogens is 1. The Kier molecular flexibility index (Phi) is 8.06. The van der Waals surface area contributed by atoms with Gasteiger partial charge in [-0.25, -0.2) is 4.39 Å². The summed E-state index contributed by atoms with van der Waals surface area (Å²) in [5, 5.41) is 5.48. The first-order valence-corrected chi connectivity index (χ1v) is 9.62. The van der Waals surface area contributed by atoms with Gasteiger partial charge in [-0.1, -0.05) is 12.1 Å². The predicted octanol–water partition coefficient (Wildman–Crippen LogP) is 0.993. The minimum Gasteiger partial charge on any atom is -0.332 e.